The minimum atomic E-state index is -0.777. The topological polar surface area (TPSA) is 109 Å². The first kappa shape index (κ1) is 27.5. The van der Waals surface area contributed by atoms with Gasteiger partial charge in [0.2, 0.25) is 5.91 Å². The second-order valence-corrected chi connectivity index (χ2v) is 9.17. The first-order chi connectivity index (χ1) is 16.2. The number of hydrogen-bond acceptors (Lipinski definition) is 7. The number of hydrogen-bond donors (Lipinski definition) is 2. The average molecular weight is 475 g/mol. The first-order valence-electron chi connectivity index (χ1n) is 11.9. The molecular formula is C25H38N4O5. The van der Waals surface area contributed by atoms with Crippen LogP contribution in [0.25, 0.3) is 0 Å². The van der Waals surface area contributed by atoms with Crippen LogP contribution in [-0.2, 0) is 19.1 Å². The Bertz CT molecular complexity index is 841. The van der Waals surface area contributed by atoms with Crippen LogP contribution in [0.2, 0.25) is 0 Å². The smallest absolute Gasteiger partial charge is 0.412 e. The Labute approximate surface area is 202 Å². The molecule has 9 heteroatoms. The van der Waals surface area contributed by atoms with Gasteiger partial charge in [-0.2, -0.15) is 0 Å². The van der Waals surface area contributed by atoms with Gasteiger partial charge in [-0.15, -0.1) is 0 Å². The number of likely N-dealkylation sites (N-methyl/N-ethyl adjacent to an activating group) is 1. The number of alkyl carbamates (subject to hydrolysis) is 1. The van der Waals surface area contributed by atoms with E-state index in [0.29, 0.717) is 18.5 Å². The van der Waals surface area contributed by atoms with E-state index in [1.54, 1.807) is 12.1 Å². The lowest BCUT2D eigenvalue weighted by Crippen LogP contribution is -2.47. The number of unbranched alkanes of at least 4 members (excludes halogenated alkanes) is 1. The minimum Gasteiger partial charge on any atom is -0.449 e. The van der Waals surface area contributed by atoms with Crippen LogP contribution in [0.1, 0.15) is 45.6 Å². The summed E-state index contributed by atoms with van der Waals surface area (Å²) in [7, 11) is 3.73. The number of nitrogens with zero attached hydrogens (tertiary/aromatic N) is 2. The van der Waals surface area contributed by atoms with Crippen molar-refractivity contribution in [1.82, 2.24) is 15.5 Å². The van der Waals surface area contributed by atoms with Crippen molar-refractivity contribution in [3.8, 4) is 0 Å². The van der Waals surface area contributed by atoms with Gasteiger partial charge >= 0.3 is 6.09 Å². The number of carbonyl (C=O) groups excluding carboxylic acids is 3. The lowest BCUT2D eigenvalue weighted by Gasteiger charge is -2.18. The van der Waals surface area contributed by atoms with Gasteiger partial charge in [0.05, 0.1) is 13.2 Å². The number of carbonyl (C=O) groups is 3. The molecule has 1 aromatic rings. The fraction of sp³-hybridized carbons (Fsp3) is 0.600. The van der Waals surface area contributed by atoms with Gasteiger partial charge in [0, 0.05) is 12.1 Å². The molecule has 34 heavy (non-hydrogen) atoms. The summed E-state index contributed by atoms with van der Waals surface area (Å²) in [6.45, 7) is 6.79. The minimum absolute atomic E-state index is 0.138. The second-order valence-electron chi connectivity index (χ2n) is 9.17. The number of benzene rings is 1. The van der Waals surface area contributed by atoms with Gasteiger partial charge in [0.1, 0.15) is 24.0 Å². The Kier molecular flexibility index (Phi) is 11.2. The van der Waals surface area contributed by atoms with Crippen molar-refractivity contribution in [2.24, 2.45) is 10.9 Å². The van der Waals surface area contributed by atoms with E-state index < -0.39 is 24.3 Å². The van der Waals surface area contributed by atoms with Crippen molar-refractivity contribution < 1.29 is 23.9 Å². The van der Waals surface area contributed by atoms with Crippen LogP contribution < -0.4 is 10.6 Å². The molecule has 1 heterocycles. The van der Waals surface area contributed by atoms with Crippen LogP contribution in [0, 0.1) is 5.92 Å². The molecule has 2 N–H and O–H groups in total. The molecule has 2 amide bonds. The molecule has 1 saturated heterocycles. The van der Waals surface area contributed by atoms with Gasteiger partial charge in [-0.1, -0.05) is 63.9 Å². The van der Waals surface area contributed by atoms with Crippen molar-refractivity contribution in [1.29, 1.82) is 0 Å². The summed E-state index contributed by atoms with van der Waals surface area (Å²) in [6, 6.07) is 7.63. The molecule has 2 rings (SSSR count). The number of nitrogens with one attached hydrogen (secondary N) is 2. The molecule has 3 atom stereocenters. The molecule has 9 nitrogen and oxygen atoms in total. The molecule has 0 aromatic heterocycles. The van der Waals surface area contributed by atoms with Crippen LogP contribution in [-0.4, -0.2) is 80.6 Å². The molecule has 1 fully saturated rings. The summed E-state index contributed by atoms with van der Waals surface area (Å²) >= 11 is 0. The Balaban J connectivity index is 2.21. The third-order valence-corrected chi connectivity index (χ3v) is 5.21. The van der Waals surface area contributed by atoms with Crippen molar-refractivity contribution in [2.75, 3.05) is 33.9 Å². The quantitative estimate of drug-likeness (QED) is 0.377. The molecule has 0 saturated carbocycles. The van der Waals surface area contributed by atoms with Gasteiger partial charge in [0.25, 0.3) is 0 Å². The fourth-order valence-electron chi connectivity index (χ4n) is 3.41. The monoisotopic (exact) mass is 474 g/mol. The third kappa shape index (κ3) is 8.87. The van der Waals surface area contributed by atoms with E-state index >= 15 is 0 Å². The molecule has 0 aliphatic carbocycles. The molecule has 188 valence electrons. The molecule has 0 spiro atoms. The molecule has 1 aromatic carbocycles. The SMILES string of the molecule is CCCCC(N=C(NC(=O)OCC(C)C)c1ccccc1)C(=O)NC1COC(CN(C)C)C1=O. The van der Waals surface area contributed by atoms with Gasteiger partial charge in [0.15, 0.2) is 5.78 Å². The zero-order chi connectivity index (χ0) is 25.1. The number of amidine groups is 1. The Hall–Kier alpha value is -2.78. The second kappa shape index (κ2) is 13.8. The largest absolute Gasteiger partial charge is 0.449 e. The number of ketones is 1. The van der Waals surface area contributed by atoms with E-state index in [1.807, 2.05) is 58.0 Å². The van der Waals surface area contributed by atoms with Crippen LogP contribution in [0.15, 0.2) is 35.3 Å². The Morgan fingerprint density at radius 2 is 1.94 bits per heavy atom. The van der Waals surface area contributed by atoms with Crippen molar-refractivity contribution in [3.63, 3.8) is 0 Å². The van der Waals surface area contributed by atoms with E-state index in [1.165, 1.54) is 0 Å². The third-order valence-electron chi connectivity index (χ3n) is 5.21. The Morgan fingerprint density at radius 1 is 1.24 bits per heavy atom. The summed E-state index contributed by atoms with van der Waals surface area (Å²) in [6.07, 6.45) is 0.927. The van der Waals surface area contributed by atoms with Crippen LogP contribution >= 0.6 is 0 Å². The van der Waals surface area contributed by atoms with Crippen LogP contribution in [0.4, 0.5) is 4.79 Å². The normalized spacial score (nSPS) is 19.4. The molecule has 1 aliphatic rings. The van der Waals surface area contributed by atoms with Crippen molar-refractivity contribution in [2.45, 2.75) is 58.2 Å². The lowest BCUT2D eigenvalue weighted by atomic mass is 10.1. The maximum absolute atomic E-state index is 13.2. The summed E-state index contributed by atoms with van der Waals surface area (Å²) < 4.78 is 10.8. The number of ether oxygens (including phenoxy) is 2. The predicted molar refractivity (Wildman–Crippen MR) is 131 cm³/mol. The molecule has 3 unspecified atom stereocenters. The molecule has 1 aliphatic heterocycles. The number of amides is 2. The summed E-state index contributed by atoms with van der Waals surface area (Å²) in [5.74, 6) is -0.0656. The van der Waals surface area contributed by atoms with E-state index in [-0.39, 0.29) is 36.7 Å². The van der Waals surface area contributed by atoms with Crippen LogP contribution in [0.3, 0.4) is 0 Å². The van der Waals surface area contributed by atoms with Gasteiger partial charge in [-0.3, -0.25) is 19.9 Å². The summed E-state index contributed by atoms with van der Waals surface area (Å²) in [5, 5.41) is 5.50. The Morgan fingerprint density at radius 3 is 2.56 bits per heavy atom. The highest BCUT2D eigenvalue weighted by Gasteiger charge is 2.37. The van der Waals surface area contributed by atoms with E-state index in [9.17, 15) is 14.4 Å². The van der Waals surface area contributed by atoms with E-state index in [2.05, 4.69) is 15.6 Å². The van der Waals surface area contributed by atoms with E-state index in [4.69, 9.17) is 9.47 Å². The van der Waals surface area contributed by atoms with Crippen LogP contribution in [0.5, 0.6) is 0 Å². The zero-order valence-electron chi connectivity index (χ0n) is 20.9. The standard InChI is InChI=1S/C25H38N4O5/c1-6-7-13-19(24(31)27-20-16-33-21(22(20)30)14-29(4)5)26-23(18-11-9-8-10-12-18)28-25(32)34-15-17(2)3/h8-12,17,19-21H,6-7,13-16H2,1-5H3,(H,27,31)(H,26,28,32). The van der Waals surface area contributed by atoms with Gasteiger partial charge in [-0.05, 0) is 26.4 Å². The first-order valence-corrected chi connectivity index (χ1v) is 11.9. The summed E-state index contributed by atoms with van der Waals surface area (Å²) in [4.78, 5) is 44.7. The summed E-state index contributed by atoms with van der Waals surface area (Å²) in [5.41, 5.74) is 0.657. The maximum Gasteiger partial charge on any atom is 0.412 e. The average Bonchev–Trinajstić information content (AvgIpc) is 3.13. The highest BCUT2D eigenvalue weighted by Crippen LogP contribution is 2.13. The maximum atomic E-state index is 13.2. The van der Waals surface area contributed by atoms with Gasteiger partial charge in [-0.25, -0.2) is 4.79 Å². The lowest BCUT2D eigenvalue weighted by molar-refractivity contribution is -0.128. The highest BCUT2D eigenvalue weighted by atomic mass is 16.5. The molecule has 0 bridgehead atoms. The number of Topliss-reactive ketones (excluding diaryl/α,β-unsaturated/α-hetero) is 1. The highest BCUT2D eigenvalue weighted by molar-refractivity contribution is 6.07. The van der Waals surface area contributed by atoms with E-state index in [0.717, 1.165) is 12.8 Å². The number of aliphatic imine (C=N–C) groups is 1. The van der Waals surface area contributed by atoms with Gasteiger partial charge < -0.3 is 19.7 Å². The zero-order valence-corrected chi connectivity index (χ0v) is 20.9. The van der Waals surface area contributed by atoms with Crippen molar-refractivity contribution in [3.05, 3.63) is 35.9 Å². The van der Waals surface area contributed by atoms with Crippen molar-refractivity contribution >= 4 is 23.6 Å². The molecule has 0 radical (unpaired) electrons. The molecular weight excluding hydrogens is 436 g/mol. The fourth-order valence-corrected chi connectivity index (χ4v) is 3.41. The predicted octanol–water partition coefficient (Wildman–Crippen LogP) is 2.39. The number of rotatable bonds is 11.